The highest BCUT2D eigenvalue weighted by molar-refractivity contribution is 6.01. The number of nitrogens with one attached hydrogen (secondary N) is 2. The fraction of sp³-hybridized carbons (Fsp3) is 0.241. The molecular formula is C29H28N8O. The number of aromatic nitrogens is 7. The highest BCUT2D eigenvalue weighted by Crippen LogP contribution is 2.31. The van der Waals surface area contributed by atoms with E-state index in [1.54, 1.807) is 0 Å². The maximum Gasteiger partial charge on any atom is 0.295 e. The molecule has 0 aliphatic heterocycles. The molecule has 38 heavy (non-hydrogen) atoms. The van der Waals surface area contributed by atoms with Crippen LogP contribution in [0.4, 0.5) is 5.69 Å². The Morgan fingerprint density at radius 3 is 2.37 bits per heavy atom. The van der Waals surface area contributed by atoms with Crippen molar-refractivity contribution < 1.29 is 4.79 Å². The summed E-state index contributed by atoms with van der Waals surface area (Å²) < 4.78 is 2.00. The first-order valence-corrected chi connectivity index (χ1v) is 13.0. The Bertz CT molecular complexity index is 1500. The second kappa shape index (κ2) is 10.8. The Kier molecular flexibility index (Phi) is 6.72. The van der Waals surface area contributed by atoms with Crippen LogP contribution in [0.5, 0.6) is 0 Å². The second-order valence-corrected chi connectivity index (χ2v) is 9.56. The van der Waals surface area contributed by atoms with Crippen LogP contribution < -0.4 is 5.32 Å². The second-order valence-electron chi connectivity index (χ2n) is 9.56. The van der Waals surface area contributed by atoms with Gasteiger partial charge in [-0.05, 0) is 46.9 Å². The van der Waals surface area contributed by atoms with Gasteiger partial charge in [0.15, 0.2) is 0 Å². The highest BCUT2D eigenvalue weighted by Gasteiger charge is 2.24. The van der Waals surface area contributed by atoms with E-state index >= 15 is 0 Å². The summed E-state index contributed by atoms with van der Waals surface area (Å²) in [5.74, 6) is 1.29. The first kappa shape index (κ1) is 23.7. The summed E-state index contributed by atoms with van der Waals surface area (Å²) in [5.41, 5.74) is 4.84. The standard InChI is InChI=1S/C29H28N8O/c38-29(30-22-9-3-1-4-10-22)28-31-26(37(34-28)23-11-5-2-6-12-23)19-20-15-17-21(18-16-20)24-13-7-8-14-25(24)27-32-35-36-33-27/h1,3-4,7-10,13-18,23H,2,5-6,11-12,19H2,(H,30,38)(H,32,33,35,36). The number of benzene rings is 3. The number of hydrogen-bond donors (Lipinski definition) is 2. The maximum absolute atomic E-state index is 13.0. The van der Waals surface area contributed by atoms with Crippen molar-refractivity contribution in [2.75, 3.05) is 5.32 Å². The molecule has 1 amide bonds. The number of carbonyl (C=O) groups is 1. The lowest BCUT2D eigenvalue weighted by atomic mass is 9.95. The van der Waals surface area contributed by atoms with Crippen LogP contribution in [0.1, 0.15) is 60.2 Å². The lowest BCUT2D eigenvalue weighted by Gasteiger charge is -2.23. The van der Waals surface area contributed by atoms with Crippen molar-refractivity contribution in [2.24, 2.45) is 0 Å². The number of amides is 1. The molecule has 0 spiro atoms. The minimum Gasteiger partial charge on any atom is -0.319 e. The topological polar surface area (TPSA) is 114 Å². The Hall–Kier alpha value is -4.66. The first-order valence-electron chi connectivity index (χ1n) is 13.0. The molecule has 2 N–H and O–H groups in total. The van der Waals surface area contributed by atoms with E-state index in [4.69, 9.17) is 10.1 Å². The minimum atomic E-state index is -0.291. The van der Waals surface area contributed by atoms with E-state index < -0.39 is 0 Å². The van der Waals surface area contributed by atoms with Gasteiger partial charge in [0.25, 0.3) is 5.91 Å². The Balaban J connectivity index is 1.26. The molecule has 0 saturated heterocycles. The lowest BCUT2D eigenvalue weighted by molar-refractivity contribution is 0.101. The zero-order chi connectivity index (χ0) is 25.7. The van der Waals surface area contributed by atoms with Crippen LogP contribution in [0.25, 0.3) is 22.5 Å². The Morgan fingerprint density at radius 1 is 0.895 bits per heavy atom. The van der Waals surface area contributed by atoms with Crippen LogP contribution in [0.15, 0.2) is 78.9 Å². The Morgan fingerprint density at radius 2 is 1.63 bits per heavy atom. The van der Waals surface area contributed by atoms with Crippen molar-refractivity contribution in [3.05, 3.63) is 96.1 Å². The molecule has 1 aliphatic carbocycles. The molecular weight excluding hydrogens is 476 g/mol. The zero-order valence-electron chi connectivity index (χ0n) is 20.9. The van der Waals surface area contributed by atoms with Crippen LogP contribution in [0.2, 0.25) is 0 Å². The summed E-state index contributed by atoms with van der Waals surface area (Å²) in [6.45, 7) is 0. The zero-order valence-corrected chi connectivity index (χ0v) is 20.9. The fourth-order valence-electron chi connectivity index (χ4n) is 5.09. The molecule has 6 rings (SSSR count). The van der Waals surface area contributed by atoms with Gasteiger partial charge in [-0.15, -0.1) is 15.3 Å². The third-order valence-electron chi connectivity index (χ3n) is 7.00. The van der Waals surface area contributed by atoms with Crippen LogP contribution in [-0.2, 0) is 6.42 Å². The van der Waals surface area contributed by atoms with Crippen molar-refractivity contribution in [3.63, 3.8) is 0 Å². The van der Waals surface area contributed by atoms with Crippen LogP contribution in [-0.4, -0.2) is 41.3 Å². The van der Waals surface area contributed by atoms with Crippen molar-refractivity contribution in [3.8, 4) is 22.5 Å². The van der Waals surface area contributed by atoms with Gasteiger partial charge in [-0.2, -0.15) is 5.21 Å². The van der Waals surface area contributed by atoms with E-state index in [0.29, 0.717) is 12.2 Å². The fourth-order valence-corrected chi connectivity index (χ4v) is 5.09. The Labute approximate surface area is 220 Å². The van der Waals surface area contributed by atoms with E-state index in [0.717, 1.165) is 46.6 Å². The first-order chi connectivity index (χ1) is 18.7. The van der Waals surface area contributed by atoms with Gasteiger partial charge in [-0.25, -0.2) is 9.67 Å². The predicted octanol–water partition coefficient (Wildman–Crippen LogP) is 5.47. The number of tetrazole rings is 1. The SMILES string of the molecule is O=C(Nc1ccccc1)c1nc(Cc2ccc(-c3ccccc3-c3nn[nH]n3)cc2)n(C2CCCCC2)n1. The summed E-state index contributed by atoms with van der Waals surface area (Å²) in [6, 6.07) is 26.1. The smallest absolute Gasteiger partial charge is 0.295 e. The highest BCUT2D eigenvalue weighted by atomic mass is 16.2. The summed E-state index contributed by atoms with van der Waals surface area (Å²) in [7, 11) is 0. The van der Waals surface area contributed by atoms with Crippen LogP contribution >= 0.6 is 0 Å². The summed E-state index contributed by atoms with van der Waals surface area (Å²) in [4.78, 5) is 17.7. The van der Waals surface area contributed by atoms with Crippen molar-refractivity contribution in [2.45, 2.75) is 44.6 Å². The van der Waals surface area contributed by atoms with E-state index in [1.165, 1.54) is 19.3 Å². The molecule has 190 valence electrons. The molecule has 0 radical (unpaired) electrons. The summed E-state index contributed by atoms with van der Waals surface area (Å²) >= 11 is 0. The molecule has 0 atom stereocenters. The van der Waals surface area contributed by atoms with Gasteiger partial charge in [-0.1, -0.05) is 86.0 Å². The van der Waals surface area contributed by atoms with E-state index in [1.807, 2.05) is 53.2 Å². The van der Waals surface area contributed by atoms with Crippen LogP contribution in [0, 0.1) is 0 Å². The number of hydrogen-bond acceptors (Lipinski definition) is 6. The van der Waals surface area contributed by atoms with Gasteiger partial charge in [0.1, 0.15) is 5.82 Å². The molecule has 2 heterocycles. The maximum atomic E-state index is 13.0. The molecule has 1 fully saturated rings. The van der Waals surface area contributed by atoms with E-state index in [9.17, 15) is 4.79 Å². The number of aromatic amines is 1. The number of H-pyrrole nitrogens is 1. The van der Waals surface area contributed by atoms with Crippen LogP contribution in [0.3, 0.4) is 0 Å². The number of rotatable bonds is 7. The molecule has 0 unspecified atom stereocenters. The molecule has 1 saturated carbocycles. The van der Waals surface area contributed by atoms with Crippen molar-refractivity contribution in [1.82, 2.24) is 35.4 Å². The largest absolute Gasteiger partial charge is 0.319 e. The molecule has 9 nitrogen and oxygen atoms in total. The number of nitrogens with zero attached hydrogens (tertiary/aromatic N) is 6. The normalized spacial score (nSPS) is 13.9. The molecule has 3 aromatic carbocycles. The summed E-state index contributed by atoms with van der Waals surface area (Å²) in [6.07, 6.45) is 6.29. The van der Waals surface area contributed by atoms with Gasteiger partial charge in [0, 0.05) is 17.7 Å². The van der Waals surface area contributed by atoms with E-state index in [-0.39, 0.29) is 17.8 Å². The van der Waals surface area contributed by atoms with Crippen molar-refractivity contribution >= 4 is 11.6 Å². The average molecular weight is 505 g/mol. The summed E-state index contributed by atoms with van der Waals surface area (Å²) in [5, 5.41) is 22.1. The molecule has 0 bridgehead atoms. The lowest BCUT2D eigenvalue weighted by Crippen LogP contribution is -2.18. The predicted molar refractivity (Wildman–Crippen MR) is 144 cm³/mol. The molecule has 5 aromatic rings. The number of carbonyl (C=O) groups excluding carboxylic acids is 1. The van der Waals surface area contributed by atoms with Gasteiger partial charge in [0.2, 0.25) is 11.6 Å². The number of anilines is 1. The van der Waals surface area contributed by atoms with E-state index in [2.05, 4.69) is 56.3 Å². The number of para-hydroxylation sites is 1. The average Bonchev–Trinajstić information content (AvgIpc) is 3.66. The van der Waals surface area contributed by atoms with Gasteiger partial charge >= 0.3 is 0 Å². The molecule has 9 heteroatoms. The minimum absolute atomic E-state index is 0.208. The third kappa shape index (κ3) is 5.08. The third-order valence-corrected chi connectivity index (χ3v) is 7.00. The van der Waals surface area contributed by atoms with Gasteiger partial charge in [0.05, 0.1) is 6.04 Å². The van der Waals surface area contributed by atoms with Crippen molar-refractivity contribution in [1.29, 1.82) is 0 Å². The van der Waals surface area contributed by atoms with Gasteiger partial charge in [-0.3, -0.25) is 4.79 Å². The monoisotopic (exact) mass is 504 g/mol. The van der Waals surface area contributed by atoms with Gasteiger partial charge < -0.3 is 5.32 Å². The molecule has 1 aliphatic rings. The quantitative estimate of drug-likeness (QED) is 0.304. The molecule has 2 aromatic heterocycles.